The zero-order chi connectivity index (χ0) is 24.8. The van der Waals surface area contributed by atoms with E-state index >= 15 is 0 Å². The number of hydrogen-bond acceptors (Lipinski definition) is 8. The molecule has 0 bridgehead atoms. The van der Waals surface area contributed by atoms with Crippen molar-refractivity contribution in [1.29, 1.82) is 0 Å². The summed E-state index contributed by atoms with van der Waals surface area (Å²) in [6.45, 7) is 0.339. The number of halogens is 1. The Bertz CT molecular complexity index is 1380. The van der Waals surface area contributed by atoms with Crippen LogP contribution in [-0.2, 0) is 16.6 Å². The van der Waals surface area contributed by atoms with Crippen molar-refractivity contribution in [3.05, 3.63) is 90.6 Å². The summed E-state index contributed by atoms with van der Waals surface area (Å²) in [5, 5.41) is 5.87. The second-order valence-corrected chi connectivity index (χ2v) is 9.74. The van der Waals surface area contributed by atoms with Gasteiger partial charge in [0.05, 0.1) is 16.8 Å². The van der Waals surface area contributed by atoms with Crippen LogP contribution in [-0.4, -0.2) is 41.8 Å². The Morgan fingerprint density at radius 3 is 2.26 bits per heavy atom. The van der Waals surface area contributed by atoms with Crippen LogP contribution in [0.5, 0.6) is 5.75 Å². The molecule has 2 heterocycles. The number of pyridine rings is 1. The maximum Gasteiger partial charge on any atom is 0.242 e. The van der Waals surface area contributed by atoms with Gasteiger partial charge in [0.15, 0.2) is 11.6 Å². The van der Waals surface area contributed by atoms with Gasteiger partial charge in [-0.05, 0) is 60.7 Å². The number of ether oxygens (including phenoxy) is 1. The van der Waals surface area contributed by atoms with Crippen LogP contribution in [0.25, 0.3) is 0 Å². The zero-order valence-electron chi connectivity index (χ0n) is 19.0. The topological polar surface area (TPSA) is 109 Å². The largest absolute Gasteiger partial charge is 0.487 e. The molecular weight excluding hydrogens is 471 g/mol. The van der Waals surface area contributed by atoms with Gasteiger partial charge in [-0.1, -0.05) is 6.07 Å². The lowest BCUT2D eigenvalue weighted by Gasteiger charge is -2.12. The Hall–Kier alpha value is -4.09. The highest BCUT2D eigenvalue weighted by Crippen LogP contribution is 2.23. The number of nitrogens with one attached hydrogen (secondary N) is 2. The molecule has 0 fully saturated rings. The zero-order valence-corrected chi connectivity index (χ0v) is 19.8. The van der Waals surface area contributed by atoms with Crippen molar-refractivity contribution >= 4 is 33.2 Å². The SMILES string of the molecule is CN(C)S(=O)(=O)c1ccc(Nc2ncc(F)c(Nc3ccc(OCc4ccccn4)cc3)n2)cc1. The standard InChI is InChI=1S/C24H23FN6O3S/c1-31(2)35(32,33)21-12-8-18(9-13-21)29-24-27-15-22(25)23(30-24)28-17-6-10-20(11-7-17)34-16-19-5-3-4-14-26-19/h3-15H,16H2,1-2H3,(H2,27,28,29,30). The molecular formula is C24H23FN6O3S. The molecule has 2 aromatic carbocycles. The van der Waals surface area contributed by atoms with Gasteiger partial charge in [0.2, 0.25) is 16.0 Å². The molecule has 4 aromatic rings. The van der Waals surface area contributed by atoms with Gasteiger partial charge in [0.25, 0.3) is 0 Å². The third-order valence-corrected chi connectivity index (χ3v) is 6.69. The Balaban J connectivity index is 1.41. The van der Waals surface area contributed by atoms with Gasteiger partial charge in [-0.2, -0.15) is 4.98 Å². The number of aromatic nitrogens is 3. The molecule has 0 unspecified atom stereocenters. The average molecular weight is 495 g/mol. The third-order valence-electron chi connectivity index (χ3n) is 4.86. The fraction of sp³-hybridized carbons (Fsp3) is 0.125. The van der Waals surface area contributed by atoms with Crippen LogP contribution in [0.3, 0.4) is 0 Å². The average Bonchev–Trinajstić information content (AvgIpc) is 2.86. The van der Waals surface area contributed by atoms with E-state index in [1.165, 1.54) is 26.2 Å². The molecule has 2 aromatic heterocycles. The first-order valence-corrected chi connectivity index (χ1v) is 12.0. The quantitative estimate of drug-likeness (QED) is 0.354. The van der Waals surface area contributed by atoms with E-state index in [0.717, 1.165) is 16.2 Å². The van der Waals surface area contributed by atoms with Crippen LogP contribution in [0.15, 0.2) is 84.0 Å². The van der Waals surface area contributed by atoms with Crippen LogP contribution in [0.2, 0.25) is 0 Å². The van der Waals surface area contributed by atoms with E-state index in [0.29, 0.717) is 23.7 Å². The van der Waals surface area contributed by atoms with Crippen molar-refractivity contribution in [1.82, 2.24) is 19.3 Å². The lowest BCUT2D eigenvalue weighted by molar-refractivity contribution is 0.301. The van der Waals surface area contributed by atoms with Gasteiger partial charge in [-0.15, -0.1) is 0 Å². The summed E-state index contributed by atoms with van der Waals surface area (Å²) in [6.07, 6.45) is 2.75. The smallest absolute Gasteiger partial charge is 0.242 e. The molecule has 0 aliphatic carbocycles. The van der Waals surface area contributed by atoms with Gasteiger partial charge in [-0.3, -0.25) is 4.98 Å². The van der Waals surface area contributed by atoms with Gasteiger partial charge in [0.1, 0.15) is 12.4 Å². The van der Waals surface area contributed by atoms with E-state index in [-0.39, 0.29) is 16.7 Å². The molecule has 0 aliphatic rings. The molecule has 0 radical (unpaired) electrons. The minimum Gasteiger partial charge on any atom is -0.487 e. The van der Waals surface area contributed by atoms with E-state index < -0.39 is 15.8 Å². The summed E-state index contributed by atoms with van der Waals surface area (Å²) < 4.78 is 45.6. The van der Waals surface area contributed by atoms with Gasteiger partial charge < -0.3 is 15.4 Å². The van der Waals surface area contributed by atoms with E-state index in [2.05, 4.69) is 25.6 Å². The molecule has 11 heteroatoms. The summed E-state index contributed by atoms with van der Waals surface area (Å²) in [5.41, 5.74) is 1.97. The van der Waals surface area contributed by atoms with Crippen LogP contribution in [0.1, 0.15) is 5.69 Å². The lowest BCUT2D eigenvalue weighted by atomic mass is 10.3. The van der Waals surface area contributed by atoms with Gasteiger partial charge in [0, 0.05) is 31.7 Å². The molecule has 180 valence electrons. The Morgan fingerprint density at radius 1 is 0.914 bits per heavy atom. The molecule has 35 heavy (non-hydrogen) atoms. The summed E-state index contributed by atoms with van der Waals surface area (Å²) in [7, 11) is -0.605. The van der Waals surface area contributed by atoms with Crippen LogP contribution < -0.4 is 15.4 Å². The normalized spacial score (nSPS) is 11.3. The van der Waals surface area contributed by atoms with Crippen LogP contribution in [0, 0.1) is 5.82 Å². The van der Waals surface area contributed by atoms with E-state index in [9.17, 15) is 12.8 Å². The van der Waals surface area contributed by atoms with Gasteiger partial charge in [-0.25, -0.2) is 22.1 Å². The maximum atomic E-state index is 14.3. The highest BCUT2D eigenvalue weighted by Gasteiger charge is 2.16. The second-order valence-electron chi connectivity index (χ2n) is 7.59. The van der Waals surface area contributed by atoms with Gasteiger partial charge >= 0.3 is 0 Å². The first kappa shape index (κ1) is 24.0. The maximum absolute atomic E-state index is 14.3. The molecule has 2 N–H and O–H groups in total. The van der Waals surface area contributed by atoms with Crippen LogP contribution >= 0.6 is 0 Å². The Labute approximate surface area is 202 Å². The van der Waals surface area contributed by atoms with Crippen LogP contribution in [0.4, 0.5) is 27.5 Å². The van der Waals surface area contributed by atoms with Crippen molar-refractivity contribution < 1.29 is 17.5 Å². The molecule has 0 saturated carbocycles. The highest BCUT2D eigenvalue weighted by molar-refractivity contribution is 7.89. The molecule has 0 spiro atoms. The lowest BCUT2D eigenvalue weighted by Crippen LogP contribution is -2.22. The van der Waals surface area contributed by atoms with Crippen molar-refractivity contribution in [3.8, 4) is 5.75 Å². The third kappa shape index (κ3) is 6.08. The molecule has 0 aliphatic heterocycles. The molecule has 0 saturated heterocycles. The summed E-state index contributed by atoms with van der Waals surface area (Å²) in [5.74, 6) is 0.147. The number of rotatable bonds is 9. The van der Waals surface area contributed by atoms with E-state index in [1.807, 2.05) is 18.2 Å². The summed E-state index contributed by atoms with van der Waals surface area (Å²) >= 11 is 0. The molecule has 4 rings (SSSR count). The van der Waals surface area contributed by atoms with Crippen molar-refractivity contribution in [2.75, 3.05) is 24.7 Å². The van der Waals surface area contributed by atoms with E-state index in [4.69, 9.17) is 4.74 Å². The fourth-order valence-electron chi connectivity index (χ4n) is 2.98. The predicted octanol–water partition coefficient (Wildman–Crippen LogP) is 4.33. The Kier molecular flexibility index (Phi) is 7.18. The molecule has 0 amide bonds. The first-order valence-electron chi connectivity index (χ1n) is 10.5. The number of sulfonamides is 1. The summed E-state index contributed by atoms with van der Waals surface area (Å²) in [6, 6.07) is 18.7. The highest BCUT2D eigenvalue weighted by atomic mass is 32.2. The van der Waals surface area contributed by atoms with Crippen molar-refractivity contribution in [2.24, 2.45) is 0 Å². The number of nitrogens with zero attached hydrogens (tertiary/aromatic N) is 4. The molecule has 0 atom stereocenters. The monoisotopic (exact) mass is 494 g/mol. The number of hydrogen-bond donors (Lipinski definition) is 2. The van der Waals surface area contributed by atoms with Crippen molar-refractivity contribution in [3.63, 3.8) is 0 Å². The predicted molar refractivity (Wildman–Crippen MR) is 131 cm³/mol. The molecule has 9 nitrogen and oxygen atoms in total. The number of benzene rings is 2. The minimum atomic E-state index is -3.53. The number of anilines is 4. The second kappa shape index (κ2) is 10.5. The first-order chi connectivity index (χ1) is 16.8. The minimum absolute atomic E-state index is 0.0172. The van der Waals surface area contributed by atoms with Crippen molar-refractivity contribution in [2.45, 2.75) is 11.5 Å². The Morgan fingerprint density at radius 2 is 1.60 bits per heavy atom. The summed E-state index contributed by atoms with van der Waals surface area (Å²) in [4.78, 5) is 12.5. The fourth-order valence-corrected chi connectivity index (χ4v) is 3.88. The van der Waals surface area contributed by atoms with E-state index in [1.54, 1.807) is 42.6 Å².